The molecule has 1 aromatic rings. The van der Waals surface area contributed by atoms with Crippen molar-refractivity contribution in [2.45, 2.75) is 39.5 Å². The number of nitrogens with one attached hydrogen (secondary N) is 1. The Labute approximate surface area is 161 Å². The van der Waals surface area contributed by atoms with Gasteiger partial charge in [-0.25, -0.2) is 0 Å². The van der Waals surface area contributed by atoms with Crippen LogP contribution >= 0.6 is 0 Å². The summed E-state index contributed by atoms with van der Waals surface area (Å²) in [5.74, 6) is -0.330. The highest BCUT2D eigenvalue weighted by atomic mass is 16.5. The number of carbonyl (C=O) groups excluding carboxylic acids is 2. The largest absolute Gasteiger partial charge is 0.378 e. The number of benzene rings is 1. The van der Waals surface area contributed by atoms with Gasteiger partial charge in [-0.2, -0.15) is 0 Å². The van der Waals surface area contributed by atoms with Gasteiger partial charge in [0, 0.05) is 26.2 Å². The van der Waals surface area contributed by atoms with E-state index in [-0.39, 0.29) is 11.8 Å². The van der Waals surface area contributed by atoms with Gasteiger partial charge < -0.3 is 19.9 Å². The van der Waals surface area contributed by atoms with Crippen LogP contribution in [0.25, 0.3) is 0 Å². The minimum Gasteiger partial charge on any atom is -0.378 e. The molecule has 0 unspecified atom stereocenters. The maximum Gasteiger partial charge on any atom is 0.239 e. The van der Waals surface area contributed by atoms with Crippen LogP contribution in [-0.2, 0) is 14.3 Å². The summed E-state index contributed by atoms with van der Waals surface area (Å²) in [7, 11) is 0. The molecule has 0 aliphatic carbocycles. The fourth-order valence-electron chi connectivity index (χ4n) is 3.70. The van der Waals surface area contributed by atoms with Crippen LogP contribution in [0.2, 0.25) is 0 Å². The second kappa shape index (κ2) is 8.74. The summed E-state index contributed by atoms with van der Waals surface area (Å²) < 4.78 is 5.43. The van der Waals surface area contributed by atoms with Crippen molar-refractivity contribution in [1.29, 1.82) is 0 Å². The van der Waals surface area contributed by atoms with E-state index in [4.69, 9.17) is 4.74 Å². The van der Waals surface area contributed by atoms with Gasteiger partial charge >= 0.3 is 0 Å². The topological polar surface area (TPSA) is 61.9 Å². The molecule has 0 atom stereocenters. The molecule has 148 valence electrons. The molecule has 3 rings (SSSR count). The number of hydrogen-bond donors (Lipinski definition) is 1. The van der Waals surface area contributed by atoms with E-state index in [1.807, 2.05) is 29.2 Å². The molecular formula is C21H31N3O3. The molecule has 0 saturated carbocycles. The smallest absolute Gasteiger partial charge is 0.239 e. The molecule has 0 radical (unpaired) electrons. The van der Waals surface area contributed by atoms with E-state index < -0.39 is 5.41 Å². The first kappa shape index (κ1) is 19.7. The van der Waals surface area contributed by atoms with Gasteiger partial charge in [-0.1, -0.05) is 25.0 Å². The highest BCUT2D eigenvalue weighted by molar-refractivity contribution is 6.10. The van der Waals surface area contributed by atoms with Crippen molar-refractivity contribution in [1.82, 2.24) is 4.90 Å². The second-order valence-electron chi connectivity index (χ2n) is 7.90. The number of carbonyl (C=O) groups is 2. The van der Waals surface area contributed by atoms with Gasteiger partial charge in [0.15, 0.2) is 0 Å². The third-order valence-corrected chi connectivity index (χ3v) is 5.50. The first-order chi connectivity index (χ1) is 13.0. The summed E-state index contributed by atoms with van der Waals surface area (Å²) in [6.07, 6.45) is 4.35. The molecule has 0 aromatic heterocycles. The summed E-state index contributed by atoms with van der Waals surface area (Å²) in [5, 5.41) is 3.01. The van der Waals surface area contributed by atoms with Gasteiger partial charge in [0.2, 0.25) is 11.8 Å². The Morgan fingerprint density at radius 1 is 0.963 bits per heavy atom. The molecule has 2 heterocycles. The fourth-order valence-corrected chi connectivity index (χ4v) is 3.70. The van der Waals surface area contributed by atoms with Gasteiger partial charge in [-0.05, 0) is 38.8 Å². The molecule has 1 N–H and O–H groups in total. The van der Waals surface area contributed by atoms with Gasteiger partial charge in [0.25, 0.3) is 0 Å². The van der Waals surface area contributed by atoms with Crippen molar-refractivity contribution >= 4 is 23.2 Å². The number of ether oxygens (including phenoxy) is 1. The lowest BCUT2D eigenvalue weighted by atomic mass is 9.90. The number of anilines is 2. The summed E-state index contributed by atoms with van der Waals surface area (Å²) in [6.45, 7) is 7.91. The number of para-hydroxylation sites is 2. The van der Waals surface area contributed by atoms with Crippen molar-refractivity contribution < 1.29 is 14.3 Å². The van der Waals surface area contributed by atoms with Crippen molar-refractivity contribution in [2.24, 2.45) is 5.41 Å². The Balaban J connectivity index is 1.73. The number of likely N-dealkylation sites (tertiary alicyclic amines) is 1. The zero-order valence-electron chi connectivity index (χ0n) is 16.5. The van der Waals surface area contributed by atoms with Gasteiger partial charge in [-0.15, -0.1) is 0 Å². The summed E-state index contributed by atoms with van der Waals surface area (Å²) >= 11 is 0. The minimum atomic E-state index is -1.09. The van der Waals surface area contributed by atoms with E-state index in [1.54, 1.807) is 13.8 Å². The van der Waals surface area contributed by atoms with Gasteiger partial charge in [0.1, 0.15) is 5.41 Å². The predicted octanol–water partition coefficient (Wildman–Crippen LogP) is 2.89. The average molecular weight is 373 g/mol. The van der Waals surface area contributed by atoms with Crippen LogP contribution in [0.4, 0.5) is 11.4 Å². The molecule has 6 nitrogen and oxygen atoms in total. The van der Waals surface area contributed by atoms with E-state index in [2.05, 4.69) is 10.2 Å². The molecule has 0 bridgehead atoms. The molecule has 2 fully saturated rings. The Bertz CT molecular complexity index is 660. The summed E-state index contributed by atoms with van der Waals surface area (Å²) in [4.78, 5) is 30.1. The molecule has 2 amide bonds. The van der Waals surface area contributed by atoms with Crippen molar-refractivity contribution in [3.63, 3.8) is 0 Å². The molecule has 2 saturated heterocycles. The van der Waals surface area contributed by atoms with E-state index in [9.17, 15) is 9.59 Å². The second-order valence-corrected chi connectivity index (χ2v) is 7.90. The molecule has 2 aliphatic rings. The highest BCUT2D eigenvalue weighted by Gasteiger charge is 2.39. The Morgan fingerprint density at radius 3 is 2.26 bits per heavy atom. The van der Waals surface area contributed by atoms with Gasteiger partial charge in [-0.3, -0.25) is 9.59 Å². The Hall–Kier alpha value is -2.08. The van der Waals surface area contributed by atoms with Crippen LogP contribution in [0, 0.1) is 5.41 Å². The van der Waals surface area contributed by atoms with Crippen LogP contribution in [0.3, 0.4) is 0 Å². The number of amides is 2. The molecule has 0 spiro atoms. The third kappa shape index (κ3) is 4.61. The fraction of sp³-hybridized carbons (Fsp3) is 0.619. The molecular weight excluding hydrogens is 342 g/mol. The SMILES string of the molecule is CC(C)(C(=O)Nc1ccccc1N1CCOCC1)C(=O)N1CCCCCC1. The van der Waals surface area contributed by atoms with Crippen LogP contribution in [0.15, 0.2) is 24.3 Å². The number of morpholine rings is 1. The monoisotopic (exact) mass is 373 g/mol. The van der Waals surface area contributed by atoms with E-state index >= 15 is 0 Å². The number of rotatable bonds is 4. The van der Waals surface area contributed by atoms with Crippen molar-refractivity contribution in [2.75, 3.05) is 49.6 Å². The molecule has 6 heteroatoms. The third-order valence-electron chi connectivity index (χ3n) is 5.50. The lowest BCUT2D eigenvalue weighted by molar-refractivity contribution is -0.146. The maximum atomic E-state index is 13.0. The van der Waals surface area contributed by atoms with Crippen LogP contribution < -0.4 is 10.2 Å². The van der Waals surface area contributed by atoms with Crippen molar-refractivity contribution in [3.05, 3.63) is 24.3 Å². The molecule has 2 aliphatic heterocycles. The summed E-state index contributed by atoms with van der Waals surface area (Å²) in [6, 6.07) is 7.77. The lowest BCUT2D eigenvalue weighted by Crippen LogP contribution is -2.47. The first-order valence-corrected chi connectivity index (χ1v) is 10.0. The van der Waals surface area contributed by atoms with Crippen LogP contribution in [-0.4, -0.2) is 56.1 Å². The quantitative estimate of drug-likeness (QED) is 0.825. The van der Waals surface area contributed by atoms with E-state index in [0.29, 0.717) is 13.2 Å². The van der Waals surface area contributed by atoms with Gasteiger partial charge in [0.05, 0.1) is 24.6 Å². The average Bonchev–Trinajstić information content (AvgIpc) is 2.98. The normalized spacial score (nSPS) is 18.7. The Kier molecular flexibility index (Phi) is 6.37. The van der Waals surface area contributed by atoms with E-state index in [0.717, 1.165) is 63.2 Å². The standard InChI is InChI=1S/C21H31N3O3/c1-21(2,20(26)24-11-7-3-4-8-12-24)19(25)22-17-9-5-6-10-18(17)23-13-15-27-16-14-23/h5-6,9-10H,3-4,7-8,11-16H2,1-2H3,(H,22,25). The summed E-state index contributed by atoms with van der Waals surface area (Å²) in [5.41, 5.74) is 0.635. The first-order valence-electron chi connectivity index (χ1n) is 10.0. The maximum absolute atomic E-state index is 13.0. The molecule has 27 heavy (non-hydrogen) atoms. The van der Waals surface area contributed by atoms with Crippen LogP contribution in [0.5, 0.6) is 0 Å². The molecule has 1 aromatic carbocycles. The van der Waals surface area contributed by atoms with E-state index in [1.165, 1.54) is 0 Å². The number of nitrogens with zero attached hydrogens (tertiary/aromatic N) is 2. The zero-order chi connectivity index (χ0) is 19.3. The lowest BCUT2D eigenvalue weighted by Gasteiger charge is -2.32. The Morgan fingerprint density at radius 2 is 1.59 bits per heavy atom. The van der Waals surface area contributed by atoms with Crippen LogP contribution in [0.1, 0.15) is 39.5 Å². The minimum absolute atomic E-state index is 0.0780. The zero-order valence-corrected chi connectivity index (χ0v) is 16.5. The predicted molar refractivity (Wildman–Crippen MR) is 107 cm³/mol. The van der Waals surface area contributed by atoms with Crippen molar-refractivity contribution in [3.8, 4) is 0 Å². The highest BCUT2D eigenvalue weighted by Crippen LogP contribution is 2.29. The number of hydrogen-bond acceptors (Lipinski definition) is 4.